The first-order valence-electron chi connectivity index (χ1n) is 9.13. The average Bonchev–Trinajstić information content (AvgIpc) is 2.94. The van der Waals surface area contributed by atoms with Crippen LogP contribution in [-0.4, -0.2) is 61.3 Å². The molecule has 0 spiro atoms. The molecule has 28 heavy (non-hydrogen) atoms. The molecule has 2 fully saturated rings. The lowest BCUT2D eigenvalue weighted by Crippen LogP contribution is -2.50. The van der Waals surface area contributed by atoms with Crippen molar-refractivity contribution in [3.63, 3.8) is 0 Å². The summed E-state index contributed by atoms with van der Waals surface area (Å²) in [6, 6.07) is 2.55. The Morgan fingerprint density at radius 3 is 2.46 bits per heavy atom. The van der Waals surface area contributed by atoms with Gasteiger partial charge in [0.1, 0.15) is 0 Å². The number of halogens is 2. The quantitative estimate of drug-likeness (QED) is 0.760. The number of benzene rings is 1. The third-order valence-electron chi connectivity index (χ3n) is 5.39. The predicted octanol–water partition coefficient (Wildman–Crippen LogP) is 1.25. The van der Waals surface area contributed by atoms with E-state index >= 15 is 0 Å². The summed E-state index contributed by atoms with van der Waals surface area (Å²) in [5, 5.41) is 2.64. The summed E-state index contributed by atoms with van der Waals surface area (Å²) in [7, 11) is 1.27. The number of anilines is 1. The summed E-state index contributed by atoms with van der Waals surface area (Å²) < 4.78 is 32.2. The molecule has 2 heterocycles. The Bertz CT molecular complexity index is 809. The summed E-state index contributed by atoms with van der Waals surface area (Å²) in [5.74, 6) is -2.77. The number of piperazine rings is 1. The Balaban J connectivity index is 1.55. The Morgan fingerprint density at radius 1 is 1.21 bits per heavy atom. The molecule has 0 aromatic heterocycles. The van der Waals surface area contributed by atoms with Crippen molar-refractivity contribution in [3.8, 4) is 5.75 Å². The van der Waals surface area contributed by atoms with Crippen LogP contribution in [-0.2, 0) is 14.4 Å². The van der Waals surface area contributed by atoms with Gasteiger partial charge in [0.05, 0.1) is 19.1 Å². The average molecular weight is 395 g/mol. The molecular formula is C19H23F2N3O4. The fourth-order valence-corrected chi connectivity index (χ4v) is 3.57. The minimum atomic E-state index is -1.03. The molecule has 1 aromatic carbocycles. The van der Waals surface area contributed by atoms with Gasteiger partial charge in [0.25, 0.3) is 0 Å². The Kier molecular flexibility index (Phi) is 5.53. The minimum absolute atomic E-state index is 0.0994. The number of Topliss-reactive ketones (excluding diaryl/α,β-unsaturated/α-hetero) is 1. The molecule has 152 valence electrons. The van der Waals surface area contributed by atoms with Crippen molar-refractivity contribution in [1.82, 2.24) is 10.2 Å². The van der Waals surface area contributed by atoms with Gasteiger partial charge >= 0.3 is 0 Å². The van der Waals surface area contributed by atoms with Crippen LogP contribution in [0.3, 0.4) is 0 Å². The van der Waals surface area contributed by atoms with Crippen LogP contribution in [0, 0.1) is 11.6 Å². The number of carbonyl (C=O) groups excluding carboxylic acids is 3. The van der Waals surface area contributed by atoms with Crippen molar-refractivity contribution in [2.75, 3.05) is 38.2 Å². The molecule has 0 unspecified atom stereocenters. The number of carbonyl (C=O) groups is 3. The van der Waals surface area contributed by atoms with Crippen LogP contribution in [0.5, 0.6) is 5.75 Å². The zero-order valence-corrected chi connectivity index (χ0v) is 15.9. The second-order valence-electron chi connectivity index (χ2n) is 7.29. The molecule has 1 atom stereocenters. The SMILES string of the molecule is COc1cc(N2CCN(C(=O)CC[C@@]3(C)NC(=O)CC3=O)CC2)cc(F)c1F. The normalized spacial score (nSPS) is 22.4. The van der Waals surface area contributed by atoms with Gasteiger partial charge in [-0.3, -0.25) is 14.4 Å². The first-order chi connectivity index (χ1) is 13.2. The minimum Gasteiger partial charge on any atom is -0.493 e. The number of nitrogens with one attached hydrogen (secondary N) is 1. The van der Waals surface area contributed by atoms with Crippen LogP contribution >= 0.6 is 0 Å². The van der Waals surface area contributed by atoms with Crippen LogP contribution < -0.4 is 15.0 Å². The van der Waals surface area contributed by atoms with Gasteiger partial charge in [-0.25, -0.2) is 4.39 Å². The maximum atomic E-state index is 13.7. The van der Waals surface area contributed by atoms with Gasteiger partial charge < -0.3 is 19.9 Å². The molecule has 1 aromatic rings. The molecule has 1 N–H and O–H groups in total. The van der Waals surface area contributed by atoms with Crippen LogP contribution in [0.4, 0.5) is 14.5 Å². The number of methoxy groups -OCH3 is 1. The lowest BCUT2D eigenvalue weighted by Gasteiger charge is -2.36. The highest BCUT2D eigenvalue weighted by Crippen LogP contribution is 2.28. The third-order valence-corrected chi connectivity index (χ3v) is 5.39. The van der Waals surface area contributed by atoms with Crippen LogP contribution in [0.1, 0.15) is 26.2 Å². The zero-order chi connectivity index (χ0) is 20.5. The monoisotopic (exact) mass is 395 g/mol. The number of ether oxygens (including phenoxy) is 1. The summed E-state index contributed by atoms with van der Waals surface area (Å²) in [5.41, 5.74) is -0.480. The molecular weight excluding hydrogens is 372 g/mol. The van der Waals surface area contributed by atoms with Gasteiger partial charge in [-0.05, 0) is 13.3 Å². The standard InChI is InChI=1S/C19H23F2N3O4/c1-19(15(25)11-16(26)22-19)4-3-17(27)24-7-5-23(6-8-24)12-9-13(20)18(21)14(10-12)28-2/h9-10H,3-8,11H2,1-2H3,(H,22,26)/t19-/m1/s1. The molecule has 3 rings (SSSR count). The van der Waals surface area contributed by atoms with E-state index in [1.807, 2.05) is 4.90 Å². The van der Waals surface area contributed by atoms with Crippen molar-refractivity contribution in [3.05, 3.63) is 23.8 Å². The van der Waals surface area contributed by atoms with Gasteiger partial charge in [0.15, 0.2) is 17.3 Å². The molecule has 7 nitrogen and oxygen atoms in total. The lowest BCUT2D eigenvalue weighted by atomic mass is 9.92. The molecule has 2 saturated heterocycles. The van der Waals surface area contributed by atoms with Crippen molar-refractivity contribution in [1.29, 1.82) is 0 Å². The van der Waals surface area contributed by atoms with Crippen molar-refractivity contribution >= 4 is 23.3 Å². The van der Waals surface area contributed by atoms with E-state index in [1.165, 1.54) is 13.2 Å². The Morgan fingerprint density at radius 2 is 1.89 bits per heavy atom. The molecule has 0 aliphatic carbocycles. The van der Waals surface area contributed by atoms with E-state index in [2.05, 4.69) is 5.32 Å². The van der Waals surface area contributed by atoms with Crippen LogP contribution in [0.25, 0.3) is 0 Å². The highest BCUT2D eigenvalue weighted by molar-refractivity contribution is 6.10. The van der Waals surface area contributed by atoms with Crippen molar-refractivity contribution < 1.29 is 27.9 Å². The van der Waals surface area contributed by atoms with Gasteiger partial charge in [-0.15, -0.1) is 0 Å². The zero-order valence-electron chi connectivity index (χ0n) is 15.9. The maximum absolute atomic E-state index is 13.7. The predicted molar refractivity (Wildman–Crippen MR) is 97.1 cm³/mol. The molecule has 0 radical (unpaired) electrons. The van der Waals surface area contributed by atoms with Gasteiger partial charge in [0.2, 0.25) is 17.6 Å². The number of nitrogens with zero attached hydrogens (tertiary/aromatic N) is 2. The molecule has 2 aliphatic heterocycles. The van der Waals surface area contributed by atoms with E-state index in [-0.39, 0.29) is 42.6 Å². The van der Waals surface area contributed by atoms with E-state index in [4.69, 9.17) is 4.74 Å². The van der Waals surface area contributed by atoms with E-state index in [9.17, 15) is 23.2 Å². The van der Waals surface area contributed by atoms with E-state index in [0.717, 1.165) is 6.07 Å². The van der Waals surface area contributed by atoms with Crippen LogP contribution in [0.15, 0.2) is 12.1 Å². The lowest BCUT2D eigenvalue weighted by molar-refractivity contribution is -0.132. The highest BCUT2D eigenvalue weighted by atomic mass is 19.2. The Hall–Kier alpha value is -2.71. The second-order valence-corrected chi connectivity index (χ2v) is 7.29. The first kappa shape index (κ1) is 20.0. The van der Waals surface area contributed by atoms with Gasteiger partial charge in [-0.2, -0.15) is 4.39 Å². The molecule has 9 heteroatoms. The first-order valence-corrected chi connectivity index (χ1v) is 9.13. The fourth-order valence-electron chi connectivity index (χ4n) is 3.57. The number of hydrogen-bond donors (Lipinski definition) is 1. The summed E-state index contributed by atoms with van der Waals surface area (Å²) >= 11 is 0. The molecule has 2 aliphatic rings. The van der Waals surface area contributed by atoms with Gasteiger partial charge in [0, 0.05) is 50.4 Å². The highest BCUT2D eigenvalue weighted by Gasteiger charge is 2.41. The molecule has 0 saturated carbocycles. The number of ketones is 1. The fraction of sp³-hybridized carbons (Fsp3) is 0.526. The maximum Gasteiger partial charge on any atom is 0.228 e. The van der Waals surface area contributed by atoms with Crippen molar-refractivity contribution in [2.24, 2.45) is 0 Å². The van der Waals surface area contributed by atoms with E-state index in [0.29, 0.717) is 31.9 Å². The summed E-state index contributed by atoms with van der Waals surface area (Å²) in [6.45, 7) is 3.43. The number of rotatable bonds is 5. The topological polar surface area (TPSA) is 79.0 Å². The number of amides is 2. The summed E-state index contributed by atoms with van der Waals surface area (Å²) in [4.78, 5) is 39.3. The van der Waals surface area contributed by atoms with Gasteiger partial charge in [-0.1, -0.05) is 0 Å². The van der Waals surface area contributed by atoms with E-state index in [1.54, 1.807) is 11.8 Å². The third kappa shape index (κ3) is 3.93. The Labute approximate surface area is 161 Å². The summed E-state index contributed by atoms with van der Waals surface area (Å²) in [6.07, 6.45) is 0.277. The molecule has 2 amide bonds. The second kappa shape index (κ2) is 7.73. The van der Waals surface area contributed by atoms with Crippen LogP contribution in [0.2, 0.25) is 0 Å². The smallest absolute Gasteiger partial charge is 0.228 e. The van der Waals surface area contributed by atoms with E-state index < -0.39 is 17.2 Å². The molecule has 0 bridgehead atoms. The number of hydrogen-bond acceptors (Lipinski definition) is 5. The van der Waals surface area contributed by atoms with Crippen molar-refractivity contribution in [2.45, 2.75) is 31.7 Å². The largest absolute Gasteiger partial charge is 0.493 e.